The molecule has 22 heavy (non-hydrogen) atoms. The quantitative estimate of drug-likeness (QED) is 0.757. The molecular formula is C14H10Cl3N3O2. The third-order valence-electron chi connectivity index (χ3n) is 3.30. The maximum atomic E-state index is 11.5. The van der Waals surface area contributed by atoms with Crippen LogP contribution >= 0.6 is 34.8 Å². The van der Waals surface area contributed by atoms with Gasteiger partial charge in [-0.15, -0.1) is 0 Å². The van der Waals surface area contributed by atoms with Gasteiger partial charge in [0.1, 0.15) is 5.15 Å². The molecule has 0 spiro atoms. The van der Waals surface area contributed by atoms with E-state index in [4.69, 9.17) is 34.8 Å². The van der Waals surface area contributed by atoms with Crippen molar-refractivity contribution in [2.24, 2.45) is 0 Å². The van der Waals surface area contributed by atoms with E-state index >= 15 is 0 Å². The number of benzene rings is 1. The Kier molecular flexibility index (Phi) is 3.80. The highest BCUT2D eigenvalue weighted by atomic mass is 35.5. The van der Waals surface area contributed by atoms with E-state index in [0.29, 0.717) is 38.8 Å². The average Bonchev–Trinajstić information content (AvgIpc) is 2.93. The van der Waals surface area contributed by atoms with Gasteiger partial charge in [-0.1, -0.05) is 41.7 Å². The zero-order valence-electron chi connectivity index (χ0n) is 11.3. The predicted octanol–water partition coefficient (Wildman–Crippen LogP) is 4.35. The summed E-state index contributed by atoms with van der Waals surface area (Å²) < 4.78 is 3.04. The first-order chi connectivity index (χ1) is 10.4. The Hall–Kier alpha value is -1.69. The van der Waals surface area contributed by atoms with Gasteiger partial charge < -0.3 is 5.11 Å². The minimum Gasteiger partial charge on any atom is -0.477 e. The van der Waals surface area contributed by atoms with Gasteiger partial charge in [-0.3, -0.25) is 8.97 Å². The lowest BCUT2D eigenvalue weighted by Crippen LogP contribution is -2.03. The second-order valence-electron chi connectivity index (χ2n) is 4.62. The number of aromatic carboxylic acids is 1. The molecule has 5 nitrogen and oxygen atoms in total. The van der Waals surface area contributed by atoms with Crippen molar-refractivity contribution in [3.63, 3.8) is 0 Å². The number of rotatable bonds is 3. The number of halogens is 3. The second-order valence-corrected chi connectivity index (χ2v) is 5.85. The molecule has 0 saturated heterocycles. The topological polar surface area (TPSA) is 59.5 Å². The van der Waals surface area contributed by atoms with E-state index in [2.05, 4.69) is 4.98 Å². The maximum Gasteiger partial charge on any atom is 0.354 e. The SMILES string of the molecule is CCc1nc2n(-c3ccc(Cl)cc3Cl)c(Cl)cn2c1C(=O)O. The van der Waals surface area contributed by atoms with Crippen LogP contribution in [0.2, 0.25) is 15.2 Å². The summed E-state index contributed by atoms with van der Waals surface area (Å²) in [5.74, 6) is -0.663. The van der Waals surface area contributed by atoms with Gasteiger partial charge in [-0.25, -0.2) is 9.78 Å². The van der Waals surface area contributed by atoms with Gasteiger partial charge in [0.05, 0.1) is 16.4 Å². The molecule has 0 aliphatic rings. The Morgan fingerprint density at radius 3 is 2.64 bits per heavy atom. The van der Waals surface area contributed by atoms with E-state index in [0.717, 1.165) is 0 Å². The zero-order valence-corrected chi connectivity index (χ0v) is 13.6. The molecule has 114 valence electrons. The molecule has 2 heterocycles. The van der Waals surface area contributed by atoms with Crippen LogP contribution < -0.4 is 0 Å². The van der Waals surface area contributed by atoms with Gasteiger partial charge in [-0.2, -0.15) is 0 Å². The molecule has 0 atom stereocenters. The molecule has 1 N–H and O–H groups in total. The Morgan fingerprint density at radius 1 is 1.32 bits per heavy atom. The molecule has 0 unspecified atom stereocenters. The molecule has 0 saturated carbocycles. The molecule has 8 heteroatoms. The summed E-state index contributed by atoms with van der Waals surface area (Å²) in [7, 11) is 0. The molecule has 2 aromatic heterocycles. The maximum absolute atomic E-state index is 11.5. The van der Waals surface area contributed by atoms with Crippen molar-refractivity contribution in [1.29, 1.82) is 0 Å². The van der Waals surface area contributed by atoms with Crippen molar-refractivity contribution in [1.82, 2.24) is 14.0 Å². The summed E-state index contributed by atoms with van der Waals surface area (Å²) in [6.07, 6.45) is 2.01. The van der Waals surface area contributed by atoms with Gasteiger partial charge in [0, 0.05) is 11.2 Å². The third kappa shape index (κ3) is 2.26. The van der Waals surface area contributed by atoms with E-state index < -0.39 is 5.97 Å². The van der Waals surface area contributed by atoms with Gasteiger partial charge in [0.25, 0.3) is 0 Å². The first kappa shape index (κ1) is 15.2. The number of hydrogen-bond acceptors (Lipinski definition) is 2. The van der Waals surface area contributed by atoms with Crippen LogP contribution in [0.15, 0.2) is 24.4 Å². The highest BCUT2D eigenvalue weighted by Crippen LogP contribution is 2.30. The Balaban J connectivity index is 2.35. The van der Waals surface area contributed by atoms with Crippen LogP contribution in [0.4, 0.5) is 0 Å². The predicted molar refractivity (Wildman–Crippen MR) is 85.9 cm³/mol. The molecule has 0 amide bonds. The number of nitrogens with zero attached hydrogens (tertiary/aromatic N) is 3. The van der Waals surface area contributed by atoms with Gasteiger partial charge >= 0.3 is 5.97 Å². The summed E-state index contributed by atoms with van der Waals surface area (Å²) in [5.41, 5.74) is 1.16. The molecule has 0 bridgehead atoms. The van der Waals surface area contributed by atoms with Crippen molar-refractivity contribution in [3.8, 4) is 5.69 Å². The number of carboxylic acids is 1. The number of carbonyl (C=O) groups is 1. The summed E-state index contributed by atoms with van der Waals surface area (Å²) >= 11 is 18.4. The van der Waals surface area contributed by atoms with Crippen LogP contribution in [-0.4, -0.2) is 25.0 Å². The fraction of sp³-hybridized carbons (Fsp3) is 0.143. The third-order valence-corrected chi connectivity index (χ3v) is 4.11. The fourth-order valence-corrected chi connectivity index (χ4v) is 3.12. The fourth-order valence-electron chi connectivity index (χ4n) is 2.36. The molecular weight excluding hydrogens is 349 g/mol. The number of carboxylic acid groups (broad SMARTS) is 1. The second kappa shape index (κ2) is 5.50. The lowest BCUT2D eigenvalue weighted by molar-refractivity contribution is 0.0688. The average molecular weight is 359 g/mol. The summed E-state index contributed by atoms with van der Waals surface area (Å²) in [5, 5.41) is 10.6. The number of aryl methyl sites for hydroxylation is 1. The van der Waals surface area contributed by atoms with Crippen molar-refractivity contribution in [3.05, 3.63) is 51.0 Å². The van der Waals surface area contributed by atoms with Crippen molar-refractivity contribution in [2.75, 3.05) is 0 Å². The van der Waals surface area contributed by atoms with Crippen LogP contribution in [0.5, 0.6) is 0 Å². The Morgan fingerprint density at radius 2 is 2.05 bits per heavy atom. The summed E-state index contributed by atoms with van der Waals surface area (Å²) in [4.78, 5) is 15.8. The van der Waals surface area contributed by atoms with Gasteiger partial charge in [0.2, 0.25) is 5.78 Å². The van der Waals surface area contributed by atoms with Gasteiger partial charge in [-0.05, 0) is 24.6 Å². The summed E-state index contributed by atoms with van der Waals surface area (Å²) in [6, 6.07) is 4.97. The van der Waals surface area contributed by atoms with Crippen LogP contribution in [0.1, 0.15) is 23.1 Å². The molecule has 1 aromatic carbocycles. The highest BCUT2D eigenvalue weighted by Gasteiger charge is 2.23. The highest BCUT2D eigenvalue weighted by molar-refractivity contribution is 6.36. The standard InChI is InChI=1S/C14H10Cl3N3O2/c1-2-9-12(13(21)22)19-6-11(17)20(14(19)18-9)10-4-3-7(15)5-8(10)16/h3-6H,2H2,1H3,(H,21,22). The van der Waals surface area contributed by atoms with Crippen molar-refractivity contribution < 1.29 is 9.90 Å². The first-order valence-corrected chi connectivity index (χ1v) is 7.54. The molecule has 0 radical (unpaired) electrons. The monoisotopic (exact) mass is 357 g/mol. The van der Waals surface area contributed by atoms with E-state index in [1.54, 1.807) is 22.8 Å². The minimum atomic E-state index is -1.06. The van der Waals surface area contributed by atoms with Crippen molar-refractivity contribution in [2.45, 2.75) is 13.3 Å². The molecule has 0 aliphatic heterocycles. The minimum absolute atomic E-state index is 0.100. The van der Waals surface area contributed by atoms with E-state index in [9.17, 15) is 9.90 Å². The van der Waals surface area contributed by atoms with Crippen LogP contribution in [0.25, 0.3) is 11.5 Å². The number of hydrogen-bond donors (Lipinski definition) is 1. The van der Waals surface area contributed by atoms with Crippen LogP contribution in [0, 0.1) is 0 Å². The molecule has 3 rings (SSSR count). The first-order valence-electron chi connectivity index (χ1n) is 6.41. The van der Waals surface area contributed by atoms with Gasteiger partial charge in [0.15, 0.2) is 5.69 Å². The number of aromatic nitrogens is 3. The molecule has 0 fully saturated rings. The zero-order chi connectivity index (χ0) is 16.0. The largest absolute Gasteiger partial charge is 0.477 e. The normalized spacial score (nSPS) is 11.3. The smallest absolute Gasteiger partial charge is 0.354 e. The van der Waals surface area contributed by atoms with E-state index in [-0.39, 0.29) is 5.69 Å². The van der Waals surface area contributed by atoms with Crippen molar-refractivity contribution >= 4 is 46.5 Å². The Bertz CT molecular complexity index is 899. The number of imidazole rings is 2. The van der Waals surface area contributed by atoms with E-state index in [1.165, 1.54) is 10.6 Å². The van der Waals surface area contributed by atoms with E-state index in [1.807, 2.05) is 6.92 Å². The number of fused-ring (bicyclic) bond motifs is 1. The van der Waals surface area contributed by atoms with Crippen LogP contribution in [0.3, 0.4) is 0 Å². The summed E-state index contributed by atoms with van der Waals surface area (Å²) in [6.45, 7) is 1.84. The molecule has 0 aliphatic carbocycles. The molecule has 3 aromatic rings. The lowest BCUT2D eigenvalue weighted by Gasteiger charge is -2.07. The van der Waals surface area contributed by atoms with Crippen LogP contribution in [-0.2, 0) is 6.42 Å². The Labute approximate surface area is 140 Å². The lowest BCUT2D eigenvalue weighted by atomic mass is 10.2.